The van der Waals surface area contributed by atoms with Gasteiger partial charge in [-0.1, -0.05) is 26.0 Å². The topological polar surface area (TPSA) is 82.6 Å². The van der Waals surface area contributed by atoms with Crippen LogP contribution < -0.4 is 15.4 Å². The molecule has 0 aliphatic heterocycles. The molecule has 1 aromatic carbocycles. The number of nitrogens with zero attached hydrogens (tertiary/aromatic N) is 1. The Balaban J connectivity index is 0.00000484. The maximum Gasteiger partial charge on any atom is 0.240 e. The molecule has 0 aliphatic carbocycles. The van der Waals surface area contributed by atoms with Gasteiger partial charge in [-0.05, 0) is 37.6 Å². The normalized spacial score (nSPS) is 13.4. The standard InChI is InChI=1S/C15H26N4O2S.HI/c1-11(2)12(3)19-15(16-4)18-10-13-6-8-14(9-7-13)22(20,21)17-5;/h6-9,11-12,17H,10H2,1-5H3,(H2,16,18,19);1H. The smallest absolute Gasteiger partial charge is 0.240 e. The molecule has 0 amide bonds. The molecule has 0 fully saturated rings. The average molecular weight is 454 g/mol. The highest BCUT2D eigenvalue weighted by atomic mass is 127. The molecule has 23 heavy (non-hydrogen) atoms. The molecular weight excluding hydrogens is 427 g/mol. The van der Waals surface area contributed by atoms with Gasteiger partial charge in [0.25, 0.3) is 0 Å². The first kappa shape index (κ1) is 22.1. The lowest BCUT2D eigenvalue weighted by atomic mass is 10.1. The molecule has 132 valence electrons. The van der Waals surface area contributed by atoms with Gasteiger partial charge in [-0.25, -0.2) is 13.1 Å². The summed E-state index contributed by atoms with van der Waals surface area (Å²) in [4.78, 5) is 4.44. The number of benzene rings is 1. The number of hydrogen-bond acceptors (Lipinski definition) is 3. The molecule has 1 aromatic rings. The molecular formula is C15H27IN4O2S. The zero-order valence-corrected chi connectivity index (χ0v) is 17.4. The minimum absolute atomic E-state index is 0. The highest BCUT2D eigenvalue weighted by Gasteiger charge is 2.11. The molecule has 0 aliphatic rings. The molecule has 0 bridgehead atoms. The van der Waals surface area contributed by atoms with Crippen LogP contribution in [0.5, 0.6) is 0 Å². The van der Waals surface area contributed by atoms with E-state index in [1.807, 2.05) is 0 Å². The van der Waals surface area contributed by atoms with E-state index >= 15 is 0 Å². The van der Waals surface area contributed by atoms with Gasteiger partial charge in [-0.3, -0.25) is 4.99 Å². The van der Waals surface area contributed by atoms with Crippen molar-refractivity contribution >= 4 is 40.0 Å². The fourth-order valence-electron chi connectivity index (χ4n) is 1.67. The maximum absolute atomic E-state index is 11.7. The molecule has 1 unspecified atom stereocenters. The molecule has 0 heterocycles. The number of guanidine groups is 1. The van der Waals surface area contributed by atoms with E-state index in [-0.39, 0.29) is 28.9 Å². The van der Waals surface area contributed by atoms with Gasteiger partial charge in [0.05, 0.1) is 4.90 Å². The molecule has 0 saturated carbocycles. The van der Waals surface area contributed by atoms with E-state index in [0.717, 1.165) is 11.5 Å². The lowest BCUT2D eigenvalue weighted by Gasteiger charge is -2.20. The van der Waals surface area contributed by atoms with Gasteiger partial charge in [-0.2, -0.15) is 0 Å². The van der Waals surface area contributed by atoms with E-state index in [0.29, 0.717) is 18.5 Å². The zero-order valence-electron chi connectivity index (χ0n) is 14.3. The van der Waals surface area contributed by atoms with Crippen molar-refractivity contribution < 1.29 is 8.42 Å². The summed E-state index contributed by atoms with van der Waals surface area (Å²) >= 11 is 0. The van der Waals surface area contributed by atoms with Crippen molar-refractivity contribution in [3.05, 3.63) is 29.8 Å². The molecule has 8 heteroatoms. The first-order valence-electron chi connectivity index (χ1n) is 7.29. The van der Waals surface area contributed by atoms with Gasteiger partial charge < -0.3 is 10.6 Å². The Bertz CT molecular complexity index is 600. The van der Waals surface area contributed by atoms with Gasteiger partial charge in [0.2, 0.25) is 10.0 Å². The Morgan fingerprint density at radius 2 is 1.74 bits per heavy atom. The first-order valence-corrected chi connectivity index (χ1v) is 8.78. The third-order valence-corrected chi connectivity index (χ3v) is 4.98. The van der Waals surface area contributed by atoms with E-state index in [1.165, 1.54) is 7.05 Å². The fourth-order valence-corrected chi connectivity index (χ4v) is 2.40. The summed E-state index contributed by atoms with van der Waals surface area (Å²) in [5.41, 5.74) is 0.982. The van der Waals surface area contributed by atoms with E-state index in [2.05, 4.69) is 41.1 Å². The number of hydrogen-bond donors (Lipinski definition) is 3. The molecule has 0 radical (unpaired) electrons. The second-order valence-corrected chi connectivity index (χ2v) is 7.34. The number of aliphatic imine (C=N–C) groups is 1. The molecule has 1 atom stereocenters. The van der Waals surface area contributed by atoms with Crippen molar-refractivity contribution in [2.75, 3.05) is 14.1 Å². The summed E-state index contributed by atoms with van der Waals surface area (Å²) in [7, 11) is -0.256. The SMILES string of the molecule is CN=C(NCc1ccc(S(=O)(=O)NC)cc1)NC(C)C(C)C.I. The van der Waals surface area contributed by atoms with Gasteiger partial charge in [-0.15, -0.1) is 24.0 Å². The van der Waals surface area contributed by atoms with Crippen molar-refractivity contribution in [3.63, 3.8) is 0 Å². The van der Waals surface area contributed by atoms with Crippen LogP contribution in [0.3, 0.4) is 0 Å². The predicted molar refractivity (Wildman–Crippen MR) is 106 cm³/mol. The number of sulfonamides is 1. The molecule has 6 nitrogen and oxygen atoms in total. The molecule has 3 N–H and O–H groups in total. The Morgan fingerprint density at radius 3 is 2.17 bits per heavy atom. The minimum Gasteiger partial charge on any atom is -0.354 e. The average Bonchev–Trinajstić information content (AvgIpc) is 2.51. The highest BCUT2D eigenvalue weighted by Crippen LogP contribution is 2.10. The zero-order chi connectivity index (χ0) is 16.8. The lowest BCUT2D eigenvalue weighted by Crippen LogP contribution is -2.43. The second-order valence-electron chi connectivity index (χ2n) is 5.45. The third-order valence-electron chi connectivity index (χ3n) is 3.55. The van der Waals surface area contributed by atoms with Crippen molar-refractivity contribution in [3.8, 4) is 0 Å². The predicted octanol–water partition coefficient (Wildman–Crippen LogP) is 1.92. The molecule has 0 spiro atoms. The largest absolute Gasteiger partial charge is 0.354 e. The summed E-state index contributed by atoms with van der Waals surface area (Å²) < 4.78 is 25.6. The molecule has 0 aromatic heterocycles. The lowest BCUT2D eigenvalue weighted by molar-refractivity contribution is 0.481. The summed E-state index contributed by atoms with van der Waals surface area (Å²) in [6.07, 6.45) is 0. The summed E-state index contributed by atoms with van der Waals surface area (Å²) in [6, 6.07) is 7.08. The molecule has 1 rings (SSSR count). The van der Waals surface area contributed by atoms with Gasteiger partial charge >= 0.3 is 0 Å². The summed E-state index contributed by atoms with van der Waals surface area (Å²) in [5.74, 6) is 1.23. The Hall–Kier alpha value is -0.870. The Labute approximate surface area is 156 Å². The van der Waals surface area contributed by atoms with Crippen molar-refractivity contribution in [1.29, 1.82) is 0 Å². The Morgan fingerprint density at radius 1 is 1.17 bits per heavy atom. The molecule has 0 saturated heterocycles. The van der Waals surface area contributed by atoms with E-state index in [1.54, 1.807) is 31.3 Å². The van der Waals surface area contributed by atoms with Crippen LogP contribution in [0.1, 0.15) is 26.3 Å². The number of nitrogens with one attached hydrogen (secondary N) is 3. The highest BCUT2D eigenvalue weighted by molar-refractivity contribution is 14.0. The summed E-state index contributed by atoms with van der Waals surface area (Å²) in [6.45, 7) is 6.97. The maximum atomic E-state index is 11.7. The van der Waals surface area contributed by atoms with Gasteiger partial charge in [0.15, 0.2) is 5.96 Å². The van der Waals surface area contributed by atoms with Crippen molar-refractivity contribution in [2.45, 2.75) is 38.3 Å². The van der Waals surface area contributed by atoms with Crippen LogP contribution in [0, 0.1) is 5.92 Å². The van der Waals surface area contributed by atoms with Crippen LogP contribution in [0.4, 0.5) is 0 Å². The Kier molecular flexibility index (Phi) is 9.71. The van der Waals surface area contributed by atoms with E-state index in [9.17, 15) is 8.42 Å². The number of halogens is 1. The number of rotatable bonds is 6. The van der Waals surface area contributed by atoms with Crippen LogP contribution in [0.25, 0.3) is 0 Å². The fraction of sp³-hybridized carbons (Fsp3) is 0.533. The van der Waals surface area contributed by atoms with Crippen LogP contribution in [-0.4, -0.2) is 34.5 Å². The van der Waals surface area contributed by atoms with Crippen molar-refractivity contribution in [2.24, 2.45) is 10.9 Å². The third kappa shape index (κ3) is 7.05. The van der Waals surface area contributed by atoms with E-state index < -0.39 is 10.0 Å². The monoisotopic (exact) mass is 454 g/mol. The van der Waals surface area contributed by atoms with Crippen LogP contribution in [-0.2, 0) is 16.6 Å². The van der Waals surface area contributed by atoms with Crippen molar-refractivity contribution in [1.82, 2.24) is 15.4 Å². The first-order chi connectivity index (χ1) is 10.3. The van der Waals surface area contributed by atoms with E-state index in [4.69, 9.17) is 0 Å². The van der Waals surface area contributed by atoms with Crippen LogP contribution in [0.15, 0.2) is 34.2 Å². The second kappa shape index (κ2) is 10.1. The minimum atomic E-state index is -3.38. The quantitative estimate of drug-likeness (QED) is 0.349. The van der Waals surface area contributed by atoms with Crippen LogP contribution in [0.2, 0.25) is 0 Å². The van der Waals surface area contributed by atoms with Gasteiger partial charge in [0, 0.05) is 19.6 Å². The van der Waals surface area contributed by atoms with Gasteiger partial charge in [0.1, 0.15) is 0 Å². The van der Waals surface area contributed by atoms with Crippen LogP contribution >= 0.6 is 24.0 Å². The summed E-state index contributed by atoms with van der Waals surface area (Å²) in [5, 5.41) is 6.53.